The first kappa shape index (κ1) is 19.9. The zero-order chi connectivity index (χ0) is 21.4. The third kappa shape index (κ3) is 3.62. The van der Waals surface area contributed by atoms with Crippen molar-refractivity contribution in [1.82, 2.24) is 10.4 Å². The molecule has 10 heteroatoms. The molecule has 30 heavy (non-hydrogen) atoms. The lowest BCUT2D eigenvalue weighted by Crippen LogP contribution is -2.61. The molecule has 1 N–H and O–H groups in total. The van der Waals surface area contributed by atoms with Crippen LogP contribution in [0, 0.1) is 0 Å². The van der Waals surface area contributed by atoms with Crippen LogP contribution >= 0.6 is 28.1 Å². The fourth-order valence-electron chi connectivity index (χ4n) is 2.96. The van der Waals surface area contributed by atoms with Crippen LogP contribution in [0.2, 0.25) is 0 Å². The van der Waals surface area contributed by atoms with E-state index in [-0.39, 0.29) is 10.7 Å². The topological polar surface area (TPSA) is 99.9 Å². The molecule has 1 aromatic heterocycles. The van der Waals surface area contributed by atoms with Gasteiger partial charge in [0.15, 0.2) is 0 Å². The maximum atomic E-state index is 12.7. The van der Waals surface area contributed by atoms with E-state index >= 15 is 0 Å². The molecule has 1 aliphatic heterocycles. The Bertz CT molecular complexity index is 1270. The number of hydrogen-bond acceptors (Lipinski definition) is 6. The van der Waals surface area contributed by atoms with Gasteiger partial charge in [-0.1, -0.05) is 34.1 Å². The number of nitrogens with one attached hydrogen (secondary N) is 1. The third-order valence-electron chi connectivity index (χ3n) is 4.35. The molecule has 0 bridgehead atoms. The Kier molecular flexibility index (Phi) is 5.18. The predicted octanol–water partition coefficient (Wildman–Crippen LogP) is 2.75. The fourth-order valence-corrected chi connectivity index (χ4v) is 3.69. The average molecular weight is 486 g/mol. The van der Waals surface area contributed by atoms with Crippen LogP contribution in [0.5, 0.6) is 0 Å². The van der Waals surface area contributed by atoms with Gasteiger partial charge in [-0.15, -0.1) is 0 Å². The molecule has 0 atom stereocenters. The van der Waals surface area contributed by atoms with Gasteiger partial charge in [0.25, 0.3) is 11.8 Å². The number of thiocarbonyl (C=S) groups is 1. The number of fused-ring (bicyclic) bond motifs is 1. The minimum absolute atomic E-state index is 0.219. The molecule has 3 aromatic rings. The summed E-state index contributed by atoms with van der Waals surface area (Å²) in [4.78, 5) is 50.9. The van der Waals surface area contributed by atoms with Gasteiger partial charge in [-0.3, -0.25) is 24.7 Å². The molecule has 1 aliphatic rings. The van der Waals surface area contributed by atoms with Crippen LogP contribution < -0.4 is 16.0 Å². The van der Waals surface area contributed by atoms with Crippen LogP contribution in [0.25, 0.3) is 11.0 Å². The second-order valence-electron chi connectivity index (χ2n) is 6.32. The average Bonchev–Trinajstić information content (AvgIpc) is 2.71. The van der Waals surface area contributed by atoms with Crippen LogP contribution in [0.4, 0.5) is 5.69 Å². The minimum Gasteiger partial charge on any atom is -0.422 e. The zero-order valence-corrected chi connectivity index (χ0v) is 17.5. The Labute approximate surface area is 183 Å². The molecule has 2 heterocycles. The molecule has 1 saturated heterocycles. The summed E-state index contributed by atoms with van der Waals surface area (Å²) in [7, 11) is 0. The lowest BCUT2D eigenvalue weighted by molar-refractivity contribution is -0.135. The summed E-state index contributed by atoms with van der Waals surface area (Å²) < 4.78 is 5.92. The number of nitrogens with zero attached hydrogens (tertiary/aromatic N) is 2. The molecular formula is C20H12BrN3O5S. The van der Waals surface area contributed by atoms with Crippen molar-refractivity contribution >= 4 is 67.6 Å². The largest absolute Gasteiger partial charge is 0.422 e. The van der Waals surface area contributed by atoms with E-state index < -0.39 is 29.8 Å². The van der Waals surface area contributed by atoms with Gasteiger partial charge in [0, 0.05) is 9.86 Å². The summed E-state index contributed by atoms with van der Waals surface area (Å²) in [6.07, 6.45) is -0.491. The molecule has 8 nitrogen and oxygen atoms in total. The summed E-state index contributed by atoms with van der Waals surface area (Å²) >= 11 is 8.58. The number of halogens is 1. The van der Waals surface area contributed by atoms with Crippen molar-refractivity contribution in [3.05, 3.63) is 75.1 Å². The molecule has 3 amide bonds. The number of amides is 3. The second-order valence-corrected chi connectivity index (χ2v) is 7.60. The third-order valence-corrected chi connectivity index (χ3v) is 5.21. The first-order chi connectivity index (χ1) is 14.3. The highest BCUT2D eigenvalue weighted by atomic mass is 79.9. The van der Waals surface area contributed by atoms with E-state index in [0.717, 1.165) is 14.4 Å². The van der Waals surface area contributed by atoms with E-state index in [0.29, 0.717) is 16.7 Å². The summed E-state index contributed by atoms with van der Waals surface area (Å²) in [5, 5.41) is 1.09. The number of para-hydroxylation sites is 1. The van der Waals surface area contributed by atoms with Gasteiger partial charge >= 0.3 is 5.63 Å². The SMILES string of the molecule is O=C(NN1C(=O)CC(=O)N(c2ccccc2)C1=S)c1cc2cc(Br)ccc2oc1=O. The Balaban J connectivity index is 1.65. The van der Waals surface area contributed by atoms with Gasteiger partial charge in [0.1, 0.15) is 17.6 Å². The van der Waals surface area contributed by atoms with Crippen molar-refractivity contribution < 1.29 is 18.8 Å². The van der Waals surface area contributed by atoms with Crippen LogP contribution in [0.1, 0.15) is 16.8 Å². The Morgan fingerprint density at radius 3 is 2.50 bits per heavy atom. The van der Waals surface area contributed by atoms with E-state index in [1.54, 1.807) is 48.5 Å². The maximum absolute atomic E-state index is 12.7. The van der Waals surface area contributed by atoms with Gasteiger partial charge in [0.05, 0.1) is 5.69 Å². The van der Waals surface area contributed by atoms with Gasteiger partial charge in [0.2, 0.25) is 11.0 Å². The van der Waals surface area contributed by atoms with E-state index in [1.807, 2.05) is 0 Å². The zero-order valence-electron chi connectivity index (χ0n) is 15.1. The van der Waals surface area contributed by atoms with Crippen molar-refractivity contribution in [3.8, 4) is 0 Å². The van der Waals surface area contributed by atoms with Crippen molar-refractivity contribution in [2.45, 2.75) is 6.42 Å². The number of hydrogen-bond donors (Lipinski definition) is 1. The minimum atomic E-state index is -0.885. The van der Waals surface area contributed by atoms with E-state index in [2.05, 4.69) is 21.4 Å². The van der Waals surface area contributed by atoms with Crippen LogP contribution in [0.3, 0.4) is 0 Å². The van der Waals surface area contributed by atoms with Crippen molar-refractivity contribution in [2.24, 2.45) is 0 Å². The fraction of sp³-hybridized carbons (Fsp3) is 0.0500. The molecule has 0 unspecified atom stereocenters. The molecule has 2 aromatic carbocycles. The van der Waals surface area contributed by atoms with Crippen molar-refractivity contribution in [1.29, 1.82) is 0 Å². The Morgan fingerprint density at radius 1 is 1.03 bits per heavy atom. The molecular weight excluding hydrogens is 474 g/mol. The summed E-state index contributed by atoms with van der Waals surface area (Å²) in [5.74, 6) is -2.11. The molecule has 1 fully saturated rings. The molecule has 0 spiro atoms. The summed E-state index contributed by atoms with van der Waals surface area (Å²) in [6.45, 7) is 0. The van der Waals surface area contributed by atoms with Crippen LogP contribution in [-0.2, 0) is 9.59 Å². The Morgan fingerprint density at radius 2 is 1.77 bits per heavy atom. The number of rotatable bonds is 3. The number of hydrazine groups is 1. The van der Waals surface area contributed by atoms with Gasteiger partial charge in [-0.2, -0.15) is 5.01 Å². The summed E-state index contributed by atoms with van der Waals surface area (Å²) in [6, 6.07) is 14.8. The smallest absolute Gasteiger partial charge is 0.349 e. The first-order valence-electron chi connectivity index (χ1n) is 8.64. The van der Waals surface area contributed by atoms with E-state index in [9.17, 15) is 19.2 Å². The number of anilines is 1. The molecule has 4 rings (SSSR count). The number of carbonyl (C=O) groups is 3. The van der Waals surface area contributed by atoms with Crippen LogP contribution in [0.15, 0.2) is 68.3 Å². The van der Waals surface area contributed by atoms with Gasteiger partial charge < -0.3 is 4.42 Å². The van der Waals surface area contributed by atoms with Crippen molar-refractivity contribution in [2.75, 3.05) is 4.90 Å². The monoisotopic (exact) mass is 485 g/mol. The first-order valence-corrected chi connectivity index (χ1v) is 9.84. The quantitative estimate of drug-likeness (QED) is 0.347. The highest BCUT2D eigenvalue weighted by Crippen LogP contribution is 2.22. The summed E-state index contributed by atoms with van der Waals surface area (Å²) in [5.41, 5.74) is 1.90. The number of carbonyl (C=O) groups excluding carboxylic acids is 3. The van der Waals surface area contributed by atoms with Gasteiger partial charge in [-0.25, -0.2) is 4.79 Å². The molecule has 0 saturated carbocycles. The van der Waals surface area contributed by atoms with Gasteiger partial charge in [-0.05, 0) is 48.6 Å². The lowest BCUT2D eigenvalue weighted by Gasteiger charge is -2.34. The van der Waals surface area contributed by atoms with E-state index in [4.69, 9.17) is 16.6 Å². The van der Waals surface area contributed by atoms with Crippen molar-refractivity contribution in [3.63, 3.8) is 0 Å². The standard InChI is InChI=1S/C20H12BrN3O5S/c21-12-6-7-15-11(8-12)9-14(19(28)29-15)18(27)22-24-17(26)10-16(25)23(20(24)30)13-4-2-1-3-5-13/h1-9H,10H2,(H,22,27). The number of benzene rings is 2. The lowest BCUT2D eigenvalue weighted by atomic mass is 10.2. The van der Waals surface area contributed by atoms with E-state index in [1.165, 1.54) is 6.07 Å². The Hall–Kier alpha value is -3.37. The normalized spacial score (nSPS) is 14.4. The highest BCUT2D eigenvalue weighted by molar-refractivity contribution is 9.10. The molecule has 0 radical (unpaired) electrons. The highest BCUT2D eigenvalue weighted by Gasteiger charge is 2.37. The second kappa shape index (κ2) is 7.81. The van der Waals surface area contributed by atoms with Crippen LogP contribution in [-0.4, -0.2) is 27.8 Å². The molecule has 150 valence electrons. The predicted molar refractivity (Wildman–Crippen MR) is 116 cm³/mol. The molecule has 0 aliphatic carbocycles. The maximum Gasteiger partial charge on any atom is 0.349 e.